The summed E-state index contributed by atoms with van der Waals surface area (Å²) in [5.41, 5.74) is 6.68. The zero-order valence-corrected chi connectivity index (χ0v) is 12.6. The van der Waals surface area contributed by atoms with Gasteiger partial charge in [0.05, 0.1) is 6.61 Å². The molecular weight excluding hydrogens is 252 g/mol. The van der Waals surface area contributed by atoms with E-state index in [4.69, 9.17) is 10.5 Å². The number of hydrogen-bond donors (Lipinski definition) is 2. The summed E-state index contributed by atoms with van der Waals surface area (Å²) in [5, 5.41) is 3.49. The van der Waals surface area contributed by atoms with Crippen molar-refractivity contribution >= 4 is 11.5 Å². The van der Waals surface area contributed by atoms with Gasteiger partial charge in [-0.05, 0) is 26.2 Å². The van der Waals surface area contributed by atoms with Crippen molar-refractivity contribution in [2.24, 2.45) is 0 Å². The summed E-state index contributed by atoms with van der Waals surface area (Å²) >= 11 is 0. The third-order valence-electron chi connectivity index (χ3n) is 3.66. The van der Waals surface area contributed by atoms with Gasteiger partial charge in [0.1, 0.15) is 11.5 Å². The van der Waals surface area contributed by atoms with Gasteiger partial charge >= 0.3 is 0 Å². The van der Waals surface area contributed by atoms with E-state index in [1.54, 1.807) is 0 Å². The number of nitrogens with zero attached hydrogens (tertiary/aromatic N) is 2. The molecule has 2 rings (SSSR count). The highest BCUT2D eigenvalue weighted by Crippen LogP contribution is 2.29. The Balaban J connectivity index is 2.19. The highest BCUT2D eigenvalue weighted by molar-refractivity contribution is 5.67. The number of aromatic nitrogens is 2. The summed E-state index contributed by atoms with van der Waals surface area (Å²) < 4.78 is 5.54. The molecule has 1 aliphatic rings. The van der Waals surface area contributed by atoms with Crippen molar-refractivity contribution in [1.29, 1.82) is 0 Å². The molecule has 0 amide bonds. The van der Waals surface area contributed by atoms with Crippen LogP contribution >= 0.6 is 0 Å². The maximum atomic E-state index is 6.14. The third-order valence-corrected chi connectivity index (χ3v) is 3.66. The van der Waals surface area contributed by atoms with Crippen molar-refractivity contribution in [2.75, 3.05) is 17.7 Å². The molecule has 1 aromatic heterocycles. The monoisotopic (exact) mass is 278 g/mol. The van der Waals surface area contributed by atoms with Gasteiger partial charge in [0, 0.05) is 12.5 Å². The molecule has 1 saturated carbocycles. The molecule has 5 heteroatoms. The average Bonchev–Trinajstić information content (AvgIpc) is 2.45. The minimum atomic E-state index is 0.477. The lowest BCUT2D eigenvalue weighted by atomic mass is 9.95. The van der Waals surface area contributed by atoms with Gasteiger partial charge in [-0.3, -0.25) is 0 Å². The smallest absolute Gasteiger partial charge is 0.242 e. The van der Waals surface area contributed by atoms with E-state index in [2.05, 4.69) is 22.2 Å². The molecule has 0 atom stereocenters. The molecule has 0 aliphatic heterocycles. The first kappa shape index (κ1) is 14.9. The highest BCUT2D eigenvalue weighted by Gasteiger charge is 2.18. The van der Waals surface area contributed by atoms with Crippen LogP contribution in [-0.4, -0.2) is 22.6 Å². The Labute approximate surface area is 121 Å². The van der Waals surface area contributed by atoms with Crippen LogP contribution in [0.1, 0.15) is 58.2 Å². The second-order valence-electron chi connectivity index (χ2n) is 5.37. The first-order chi connectivity index (χ1) is 9.74. The molecule has 1 aromatic rings. The largest absolute Gasteiger partial charge is 0.476 e. The molecule has 0 aromatic carbocycles. The molecule has 1 aliphatic carbocycles. The lowest BCUT2D eigenvalue weighted by molar-refractivity contribution is 0.327. The maximum absolute atomic E-state index is 6.14. The zero-order valence-electron chi connectivity index (χ0n) is 12.6. The van der Waals surface area contributed by atoms with Crippen LogP contribution in [0.25, 0.3) is 0 Å². The number of aryl methyl sites for hydroxylation is 1. The summed E-state index contributed by atoms with van der Waals surface area (Å²) in [6, 6.07) is 0.477. The van der Waals surface area contributed by atoms with Gasteiger partial charge in [-0.1, -0.05) is 26.2 Å². The predicted molar refractivity (Wildman–Crippen MR) is 82.1 cm³/mol. The summed E-state index contributed by atoms with van der Waals surface area (Å²) in [7, 11) is 0. The number of nitrogens with two attached hydrogens (primary N) is 1. The number of anilines is 2. The first-order valence-corrected chi connectivity index (χ1v) is 7.80. The first-order valence-electron chi connectivity index (χ1n) is 7.80. The normalized spacial score (nSPS) is 16.1. The van der Waals surface area contributed by atoms with Crippen molar-refractivity contribution in [3.05, 3.63) is 5.82 Å². The Morgan fingerprint density at radius 2 is 1.95 bits per heavy atom. The van der Waals surface area contributed by atoms with E-state index in [9.17, 15) is 0 Å². The molecule has 20 heavy (non-hydrogen) atoms. The highest BCUT2D eigenvalue weighted by atomic mass is 16.5. The van der Waals surface area contributed by atoms with Crippen LogP contribution in [0.5, 0.6) is 5.88 Å². The number of nitrogen functional groups attached to an aromatic ring is 1. The van der Waals surface area contributed by atoms with Gasteiger partial charge in [0.25, 0.3) is 0 Å². The molecule has 0 radical (unpaired) electrons. The second kappa shape index (κ2) is 7.31. The van der Waals surface area contributed by atoms with E-state index >= 15 is 0 Å². The number of ether oxygens (including phenoxy) is 1. The van der Waals surface area contributed by atoms with Crippen molar-refractivity contribution in [3.63, 3.8) is 0 Å². The molecule has 3 N–H and O–H groups in total. The van der Waals surface area contributed by atoms with E-state index in [0.29, 0.717) is 24.2 Å². The number of nitrogens with one attached hydrogen (secondary N) is 1. The van der Waals surface area contributed by atoms with E-state index < -0.39 is 0 Å². The van der Waals surface area contributed by atoms with Gasteiger partial charge in [-0.25, -0.2) is 4.98 Å². The molecular formula is C15H26N4O. The lowest BCUT2D eigenvalue weighted by Gasteiger charge is -2.24. The molecule has 0 spiro atoms. The van der Waals surface area contributed by atoms with Crippen LogP contribution in [0.15, 0.2) is 0 Å². The van der Waals surface area contributed by atoms with Gasteiger partial charge in [-0.2, -0.15) is 4.98 Å². The Bertz CT molecular complexity index is 430. The number of hydrogen-bond acceptors (Lipinski definition) is 5. The van der Waals surface area contributed by atoms with E-state index in [-0.39, 0.29) is 0 Å². The van der Waals surface area contributed by atoms with Crippen LogP contribution in [0, 0.1) is 0 Å². The van der Waals surface area contributed by atoms with Crippen LogP contribution in [-0.2, 0) is 6.42 Å². The van der Waals surface area contributed by atoms with Gasteiger partial charge < -0.3 is 15.8 Å². The van der Waals surface area contributed by atoms with Crippen molar-refractivity contribution in [3.8, 4) is 5.88 Å². The fourth-order valence-corrected chi connectivity index (χ4v) is 2.63. The quantitative estimate of drug-likeness (QED) is 0.836. The van der Waals surface area contributed by atoms with Crippen molar-refractivity contribution < 1.29 is 4.74 Å². The fraction of sp³-hybridized carbons (Fsp3) is 0.733. The molecule has 1 fully saturated rings. The molecule has 1 heterocycles. The minimum absolute atomic E-state index is 0.477. The van der Waals surface area contributed by atoms with Crippen LogP contribution in [0.3, 0.4) is 0 Å². The summed E-state index contributed by atoms with van der Waals surface area (Å²) in [6.45, 7) is 4.62. The molecule has 0 unspecified atom stereocenters. The minimum Gasteiger partial charge on any atom is -0.476 e. The van der Waals surface area contributed by atoms with Crippen LogP contribution in [0.2, 0.25) is 0 Å². The van der Waals surface area contributed by atoms with Gasteiger partial charge in [-0.15, -0.1) is 0 Å². The van der Waals surface area contributed by atoms with Gasteiger partial charge in [0.2, 0.25) is 5.88 Å². The standard InChI is InChI=1S/C15H26N4O/c1-3-8-12-18-14(13(16)15(19-12)20-4-2)17-11-9-6-5-7-10-11/h11H,3-10,16H2,1-2H3,(H,17,18,19). The Morgan fingerprint density at radius 1 is 1.20 bits per heavy atom. The molecule has 0 bridgehead atoms. The fourth-order valence-electron chi connectivity index (χ4n) is 2.63. The Kier molecular flexibility index (Phi) is 5.44. The van der Waals surface area contributed by atoms with Crippen LogP contribution in [0.4, 0.5) is 11.5 Å². The molecule has 5 nitrogen and oxygen atoms in total. The summed E-state index contributed by atoms with van der Waals surface area (Å²) in [5.74, 6) is 2.08. The summed E-state index contributed by atoms with van der Waals surface area (Å²) in [6.07, 6.45) is 8.14. The second-order valence-corrected chi connectivity index (χ2v) is 5.37. The Morgan fingerprint density at radius 3 is 2.60 bits per heavy atom. The van der Waals surface area contributed by atoms with E-state index in [0.717, 1.165) is 24.5 Å². The third kappa shape index (κ3) is 3.74. The van der Waals surface area contributed by atoms with Gasteiger partial charge in [0.15, 0.2) is 5.82 Å². The van der Waals surface area contributed by atoms with Crippen molar-refractivity contribution in [1.82, 2.24) is 9.97 Å². The van der Waals surface area contributed by atoms with Crippen LogP contribution < -0.4 is 15.8 Å². The average molecular weight is 278 g/mol. The molecule has 112 valence electrons. The lowest BCUT2D eigenvalue weighted by Crippen LogP contribution is -2.24. The topological polar surface area (TPSA) is 73.1 Å². The van der Waals surface area contributed by atoms with E-state index in [1.807, 2.05) is 6.92 Å². The summed E-state index contributed by atoms with van der Waals surface area (Å²) in [4.78, 5) is 8.98. The van der Waals surface area contributed by atoms with Crippen molar-refractivity contribution in [2.45, 2.75) is 64.8 Å². The maximum Gasteiger partial charge on any atom is 0.242 e. The Hall–Kier alpha value is -1.52. The zero-order chi connectivity index (χ0) is 14.4. The molecule has 0 saturated heterocycles. The predicted octanol–water partition coefficient (Wildman–Crippen LogP) is 3.15. The SMILES string of the molecule is CCCc1nc(NC2CCCCC2)c(N)c(OCC)n1. The number of rotatable bonds is 6. The van der Waals surface area contributed by atoms with E-state index in [1.165, 1.54) is 32.1 Å².